The molecule has 0 bridgehead atoms. The molecule has 0 saturated carbocycles. The monoisotopic (exact) mass is 433 g/mol. The summed E-state index contributed by atoms with van der Waals surface area (Å²) in [6.07, 6.45) is 3.51. The molecule has 0 unspecified atom stereocenters. The number of benzene rings is 1. The van der Waals surface area contributed by atoms with Crippen LogP contribution in [0.3, 0.4) is 0 Å². The fourth-order valence-electron chi connectivity index (χ4n) is 3.62. The van der Waals surface area contributed by atoms with E-state index in [4.69, 9.17) is 17.3 Å². The first-order valence-electron chi connectivity index (χ1n) is 9.45. The number of allylic oxidation sites excluding steroid dienone is 3. The molecule has 0 aliphatic carbocycles. The van der Waals surface area contributed by atoms with Crippen LogP contribution in [-0.4, -0.2) is 41.3 Å². The second-order valence-electron chi connectivity index (χ2n) is 8.10. The lowest BCUT2D eigenvalue weighted by Crippen LogP contribution is -2.58. The number of hydrogen-bond donors (Lipinski definition) is 2. The van der Waals surface area contributed by atoms with Gasteiger partial charge in [0.25, 0.3) is 0 Å². The van der Waals surface area contributed by atoms with E-state index in [-0.39, 0.29) is 17.4 Å². The van der Waals surface area contributed by atoms with Gasteiger partial charge in [-0.05, 0) is 52.0 Å². The molecule has 3 amide bonds. The summed E-state index contributed by atoms with van der Waals surface area (Å²) in [6.45, 7) is 7.17. The summed E-state index contributed by atoms with van der Waals surface area (Å²) in [5.41, 5.74) is 4.74. The van der Waals surface area contributed by atoms with E-state index in [0.717, 1.165) is 0 Å². The lowest BCUT2D eigenvalue weighted by molar-refractivity contribution is -0.140. The second kappa shape index (κ2) is 7.43. The number of aliphatic imine (C=N–C) groups is 1. The SMILES string of the molecule is CC1=C(Cl)C=CCN1C(=O)Nc1ccc(F)c([C@@]2(C)N=C(N)N(C)C(=O)C2(C)C)c1. The molecule has 3 N–H and O–H groups in total. The number of nitrogens with two attached hydrogens (primary N) is 1. The number of nitrogens with zero attached hydrogens (tertiary/aromatic N) is 3. The van der Waals surface area contributed by atoms with Gasteiger partial charge in [0.1, 0.15) is 11.4 Å². The number of nitrogens with one attached hydrogen (secondary N) is 1. The van der Waals surface area contributed by atoms with E-state index in [9.17, 15) is 14.0 Å². The third-order valence-electron chi connectivity index (χ3n) is 6.03. The number of urea groups is 1. The Bertz CT molecular complexity index is 1020. The van der Waals surface area contributed by atoms with Gasteiger partial charge < -0.3 is 11.1 Å². The quantitative estimate of drug-likeness (QED) is 0.744. The van der Waals surface area contributed by atoms with Crippen LogP contribution in [0.4, 0.5) is 14.9 Å². The lowest BCUT2D eigenvalue weighted by atomic mass is 9.67. The van der Waals surface area contributed by atoms with Crippen LogP contribution in [0, 0.1) is 11.2 Å². The Labute approximate surface area is 180 Å². The van der Waals surface area contributed by atoms with Gasteiger partial charge in [0.15, 0.2) is 5.96 Å². The van der Waals surface area contributed by atoms with Crippen LogP contribution in [-0.2, 0) is 10.3 Å². The molecule has 0 saturated heterocycles. The molecule has 0 aromatic heterocycles. The van der Waals surface area contributed by atoms with E-state index < -0.39 is 22.8 Å². The Hall–Kier alpha value is -2.87. The standard InChI is InChI=1S/C21H25ClFN5O2/c1-12-15(22)7-6-10-28(12)19(30)25-13-8-9-16(23)14(11-13)21(4)20(2,3)17(29)27(5)18(24)26-21/h6-9,11H,10H2,1-5H3,(H2,24,26)(H,25,30)/t21-/m1/s1. The van der Waals surface area contributed by atoms with Crippen LogP contribution in [0.15, 0.2) is 46.1 Å². The normalized spacial score (nSPS) is 23.6. The van der Waals surface area contributed by atoms with Crippen molar-refractivity contribution in [2.45, 2.75) is 33.2 Å². The summed E-state index contributed by atoms with van der Waals surface area (Å²) >= 11 is 6.10. The van der Waals surface area contributed by atoms with Gasteiger partial charge in [0.2, 0.25) is 5.91 Å². The summed E-state index contributed by atoms with van der Waals surface area (Å²) in [7, 11) is 1.53. The van der Waals surface area contributed by atoms with Gasteiger partial charge in [-0.25, -0.2) is 14.2 Å². The fourth-order valence-corrected chi connectivity index (χ4v) is 3.81. The minimum absolute atomic E-state index is 0.00571. The predicted molar refractivity (Wildman–Crippen MR) is 115 cm³/mol. The molecule has 2 heterocycles. The van der Waals surface area contributed by atoms with Gasteiger partial charge in [-0.15, -0.1) is 0 Å². The first kappa shape index (κ1) is 21.8. The molecule has 7 nitrogen and oxygen atoms in total. The average molecular weight is 434 g/mol. The Morgan fingerprint density at radius 2 is 2.00 bits per heavy atom. The van der Waals surface area contributed by atoms with Crippen molar-refractivity contribution in [1.29, 1.82) is 0 Å². The van der Waals surface area contributed by atoms with Crippen LogP contribution < -0.4 is 11.1 Å². The van der Waals surface area contributed by atoms with E-state index in [2.05, 4.69) is 10.3 Å². The van der Waals surface area contributed by atoms with Crippen LogP contribution in [0.1, 0.15) is 33.3 Å². The van der Waals surface area contributed by atoms with Crippen LogP contribution in [0.2, 0.25) is 0 Å². The van der Waals surface area contributed by atoms with Gasteiger partial charge in [0.05, 0.1) is 10.4 Å². The lowest BCUT2D eigenvalue weighted by Gasteiger charge is -2.46. The number of amides is 3. The average Bonchev–Trinajstić information content (AvgIpc) is 2.68. The highest BCUT2D eigenvalue weighted by molar-refractivity contribution is 6.31. The summed E-state index contributed by atoms with van der Waals surface area (Å²) < 4.78 is 14.9. The van der Waals surface area contributed by atoms with Gasteiger partial charge in [0, 0.05) is 30.5 Å². The van der Waals surface area contributed by atoms with Gasteiger partial charge >= 0.3 is 6.03 Å². The molecule has 2 aliphatic rings. The molecule has 30 heavy (non-hydrogen) atoms. The Morgan fingerprint density at radius 1 is 1.33 bits per heavy atom. The molecule has 0 spiro atoms. The molecule has 0 radical (unpaired) electrons. The van der Waals surface area contributed by atoms with Gasteiger partial charge in [-0.1, -0.05) is 17.7 Å². The molecule has 1 aromatic rings. The van der Waals surface area contributed by atoms with E-state index in [1.165, 1.54) is 35.0 Å². The van der Waals surface area contributed by atoms with E-state index in [0.29, 0.717) is 23.0 Å². The molecule has 3 rings (SSSR count). The smallest absolute Gasteiger partial charge is 0.326 e. The number of hydrogen-bond acceptors (Lipinski definition) is 4. The van der Waals surface area contributed by atoms with Crippen molar-refractivity contribution in [2.24, 2.45) is 16.1 Å². The van der Waals surface area contributed by atoms with Crippen molar-refractivity contribution < 1.29 is 14.0 Å². The summed E-state index contributed by atoms with van der Waals surface area (Å²) in [6, 6.07) is 3.79. The molecule has 160 valence electrons. The zero-order chi connectivity index (χ0) is 22.4. The van der Waals surface area contributed by atoms with E-state index in [1.807, 2.05) is 0 Å². The molecule has 1 aromatic carbocycles. The zero-order valence-electron chi connectivity index (χ0n) is 17.6. The third kappa shape index (κ3) is 3.35. The van der Waals surface area contributed by atoms with E-state index >= 15 is 0 Å². The van der Waals surface area contributed by atoms with Crippen molar-refractivity contribution in [1.82, 2.24) is 9.80 Å². The van der Waals surface area contributed by atoms with Crippen molar-refractivity contribution in [2.75, 3.05) is 18.9 Å². The number of halogens is 2. The van der Waals surface area contributed by atoms with Gasteiger partial charge in [-0.2, -0.15) is 0 Å². The highest BCUT2D eigenvalue weighted by Gasteiger charge is 2.53. The predicted octanol–water partition coefficient (Wildman–Crippen LogP) is 3.73. The van der Waals surface area contributed by atoms with Crippen molar-refractivity contribution in [3.05, 3.63) is 52.5 Å². The number of carbonyl (C=O) groups excluding carboxylic acids is 2. The molecule has 1 atom stereocenters. The molecular weight excluding hydrogens is 409 g/mol. The maximum absolute atomic E-state index is 14.9. The van der Waals surface area contributed by atoms with Crippen molar-refractivity contribution in [3.8, 4) is 0 Å². The Kier molecular flexibility index (Phi) is 5.41. The maximum Gasteiger partial charge on any atom is 0.326 e. The number of carbonyl (C=O) groups is 2. The molecule has 9 heteroatoms. The number of rotatable bonds is 2. The van der Waals surface area contributed by atoms with Gasteiger partial charge in [-0.3, -0.25) is 14.6 Å². The number of guanidine groups is 1. The van der Waals surface area contributed by atoms with Crippen LogP contribution >= 0.6 is 11.6 Å². The van der Waals surface area contributed by atoms with Crippen LogP contribution in [0.25, 0.3) is 0 Å². The Morgan fingerprint density at radius 3 is 2.67 bits per heavy atom. The highest BCUT2D eigenvalue weighted by atomic mass is 35.5. The van der Waals surface area contributed by atoms with Crippen molar-refractivity contribution >= 4 is 35.2 Å². The third-order valence-corrected chi connectivity index (χ3v) is 6.43. The van der Waals surface area contributed by atoms with Crippen LogP contribution in [0.5, 0.6) is 0 Å². The largest absolute Gasteiger partial charge is 0.369 e. The minimum Gasteiger partial charge on any atom is -0.369 e. The number of anilines is 1. The highest BCUT2D eigenvalue weighted by Crippen LogP contribution is 2.47. The summed E-state index contributed by atoms with van der Waals surface area (Å²) in [5, 5.41) is 3.24. The minimum atomic E-state index is -1.27. The molecular formula is C21H25ClFN5O2. The fraction of sp³-hybridized carbons (Fsp3) is 0.381. The first-order chi connectivity index (χ1) is 13.9. The first-order valence-corrected chi connectivity index (χ1v) is 9.83. The summed E-state index contributed by atoms with van der Waals surface area (Å²) in [5.74, 6) is -0.814. The van der Waals surface area contributed by atoms with E-state index in [1.54, 1.807) is 39.8 Å². The second-order valence-corrected chi connectivity index (χ2v) is 8.51. The zero-order valence-corrected chi connectivity index (χ0v) is 18.3. The molecule has 0 fully saturated rings. The maximum atomic E-state index is 14.9. The Balaban J connectivity index is 1.99. The summed E-state index contributed by atoms with van der Waals surface area (Å²) in [4.78, 5) is 32.8. The molecule has 2 aliphatic heterocycles. The topological polar surface area (TPSA) is 91.0 Å². The van der Waals surface area contributed by atoms with Crippen molar-refractivity contribution in [3.63, 3.8) is 0 Å².